The van der Waals surface area contributed by atoms with Crippen LogP contribution in [-0.4, -0.2) is 0 Å². The van der Waals surface area contributed by atoms with Crippen LogP contribution < -0.4 is 4.90 Å². The molecule has 1 nitrogen and oxygen atoms in total. The van der Waals surface area contributed by atoms with Gasteiger partial charge in [-0.25, -0.2) is 0 Å². The van der Waals surface area contributed by atoms with E-state index in [0.717, 1.165) is 0 Å². The van der Waals surface area contributed by atoms with E-state index in [1.165, 1.54) is 92.9 Å². The Balaban J connectivity index is 1.17. The van der Waals surface area contributed by atoms with E-state index in [0.29, 0.717) is 0 Å². The highest BCUT2D eigenvalue weighted by Crippen LogP contribution is 2.53. The molecule has 0 atom stereocenters. The zero-order chi connectivity index (χ0) is 33.8. The van der Waals surface area contributed by atoms with E-state index >= 15 is 0 Å². The third kappa shape index (κ3) is 4.18. The van der Waals surface area contributed by atoms with E-state index < -0.39 is 0 Å². The van der Waals surface area contributed by atoms with Crippen LogP contribution in [-0.2, 0) is 10.8 Å². The van der Waals surface area contributed by atoms with Crippen molar-refractivity contribution in [3.05, 3.63) is 174 Å². The van der Waals surface area contributed by atoms with Gasteiger partial charge in [0.2, 0.25) is 0 Å². The lowest BCUT2D eigenvalue weighted by atomic mass is 9.82. The third-order valence-electron chi connectivity index (χ3n) is 11.5. The maximum atomic E-state index is 2.49. The number of benzene rings is 7. The Labute approximate surface area is 298 Å². The molecule has 1 aromatic heterocycles. The summed E-state index contributed by atoms with van der Waals surface area (Å²) in [6.07, 6.45) is 0. The number of rotatable bonds is 4. The highest BCUT2D eigenvalue weighted by molar-refractivity contribution is 7.25. The summed E-state index contributed by atoms with van der Waals surface area (Å²) in [6.45, 7) is 9.48. The quantitative estimate of drug-likeness (QED) is 0.182. The van der Waals surface area contributed by atoms with Gasteiger partial charge in [-0.3, -0.25) is 0 Å². The number of thiophene rings is 1. The van der Waals surface area contributed by atoms with E-state index in [-0.39, 0.29) is 10.8 Å². The zero-order valence-corrected chi connectivity index (χ0v) is 29.6. The third-order valence-corrected chi connectivity index (χ3v) is 12.6. The fourth-order valence-electron chi connectivity index (χ4n) is 8.82. The molecule has 8 aromatic rings. The Morgan fingerprint density at radius 1 is 0.380 bits per heavy atom. The summed E-state index contributed by atoms with van der Waals surface area (Å²) in [5.74, 6) is 0. The lowest BCUT2D eigenvalue weighted by molar-refractivity contribution is 0.660. The maximum absolute atomic E-state index is 2.49. The summed E-state index contributed by atoms with van der Waals surface area (Å²) < 4.78 is 2.63. The summed E-state index contributed by atoms with van der Waals surface area (Å²) in [4.78, 5) is 2.49. The van der Waals surface area contributed by atoms with Crippen LogP contribution in [0.25, 0.3) is 53.6 Å². The Bertz CT molecular complexity index is 2550. The van der Waals surface area contributed by atoms with Crippen molar-refractivity contribution in [1.82, 2.24) is 0 Å². The summed E-state index contributed by atoms with van der Waals surface area (Å²) in [5, 5.41) is 2.61. The van der Waals surface area contributed by atoms with Crippen LogP contribution >= 0.6 is 11.3 Å². The smallest absolute Gasteiger partial charge is 0.0468 e. The minimum atomic E-state index is -0.0842. The second-order valence-corrected chi connectivity index (χ2v) is 16.1. The topological polar surface area (TPSA) is 3.24 Å². The van der Waals surface area contributed by atoms with E-state index in [1.54, 1.807) is 0 Å². The van der Waals surface area contributed by atoms with Crippen LogP contribution in [0, 0.1) is 0 Å². The number of hydrogen-bond donors (Lipinski definition) is 0. The monoisotopic (exact) mass is 659 g/mol. The van der Waals surface area contributed by atoms with Crippen LogP contribution in [0.15, 0.2) is 152 Å². The second kappa shape index (κ2) is 10.5. The number of nitrogens with zero attached hydrogens (tertiary/aromatic N) is 1. The number of fused-ring (bicyclic) bond motifs is 9. The largest absolute Gasteiger partial charge is 0.310 e. The van der Waals surface area contributed by atoms with Gasteiger partial charge >= 0.3 is 0 Å². The van der Waals surface area contributed by atoms with Gasteiger partial charge in [0.25, 0.3) is 0 Å². The molecule has 240 valence electrons. The Morgan fingerprint density at radius 3 is 1.52 bits per heavy atom. The van der Waals surface area contributed by atoms with Crippen molar-refractivity contribution in [2.75, 3.05) is 4.90 Å². The van der Waals surface area contributed by atoms with Gasteiger partial charge in [0.15, 0.2) is 0 Å². The SMILES string of the molecule is CC1(C)c2ccccc2-c2ccc(N(c3ccc4c(c3)C(C)(C)c3ccccc3-4)c3ccc4sc5cc(-c6ccccc6)ccc5c4c3)cc21. The fraction of sp³-hybridized carbons (Fsp3) is 0.125. The molecule has 2 heteroatoms. The van der Waals surface area contributed by atoms with E-state index in [4.69, 9.17) is 0 Å². The molecule has 2 aliphatic rings. The summed E-state index contributed by atoms with van der Waals surface area (Å²) >= 11 is 1.88. The van der Waals surface area contributed by atoms with Crippen LogP contribution in [0.4, 0.5) is 17.1 Å². The number of anilines is 3. The fourth-order valence-corrected chi connectivity index (χ4v) is 9.95. The van der Waals surface area contributed by atoms with Crippen LogP contribution in [0.2, 0.25) is 0 Å². The maximum Gasteiger partial charge on any atom is 0.0468 e. The molecule has 0 spiro atoms. The van der Waals surface area contributed by atoms with E-state index in [2.05, 4.69) is 184 Å². The molecule has 2 aliphatic carbocycles. The first-order chi connectivity index (χ1) is 24.3. The molecule has 0 saturated carbocycles. The van der Waals surface area contributed by atoms with Crippen molar-refractivity contribution in [3.8, 4) is 33.4 Å². The van der Waals surface area contributed by atoms with E-state index in [9.17, 15) is 0 Å². The highest BCUT2D eigenvalue weighted by atomic mass is 32.1. The summed E-state index contributed by atoms with van der Waals surface area (Å²) in [6, 6.07) is 56.8. The van der Waals surface area contributed by atoms with Crippen molar-refractivity contribution in [2.45, 2.75) is 38.5 Å². The molecule has 0 saturated heterocycles. The molecular weight excluding hydrogens is 623 g/mol. The molecule has 50 heavy (non-hydrogen) atoms. The van der Waals surface area contributed by atoms with Crippen molar-refractivity contribution in [2.24, 2.45) is 0 Å². The molecule has 1 heterocycles. The standard InChI is InChI=1S/C48H37NS/c1-47(2)41-16-10-8-14-35(41)37-23-19-33(28-43(37)47)49(34-20-24-38-36-15-9-11-17-42(36)48(3,4)44(38)29-34)32-21-25-45-40(27-32)39-22-18-31(26-46(39)50-45)30-12-6-5-7-13-30/h5-29H,1-4H3. The van der Waals surface area contributed by atoms with Crippen LogP contribution in [0.3, 0.4) is 0 Å². The predicted molar refractivity (Wildman–Crippen MR) is 215 cm³/mol. The van der Waals surface area contributed by atoms with Crippen molar-refractivity contribution in [1.29, 1.82) is 0 Å². The molecule has 7 aromatic carbocycles. The van der Waals surface area contributed by atoms with Crippen LogP contribution in [0.5, 0.6) is 0 Å². The average Bonchev–Trinajstić information content (AvgIpc) is 3.71. The zero-order valence-electron chi connectivity index (χ0n) is 28.8. The Hall–Kier alpha value is -5.44. The van der Waals surface area contributed by atoms with Crippen LogP contribution in [0.1, 0.15) is 49.9 Å². The van der Waals surface area contributed by atoms with Gasteiger partial charge in [0, 0.05) is 48.1 Å². The predicted octanol–water partition coefficient (Wildman–Crippen LogP) is 13.8. The van der Waals surface area contributed by atoms with Gasteiger partial charge in [-0.05, 0) is 104 Å². The first kappa shape index (κ1) is 29.5. The Kier molecular flexibility index (Phi) is 6.21. The molecule has 10 rings (SSSR count). The summed E-state index contributed by atoms with van der Waals surface area (Å²) in [7, 11) is 0. The van der Waals surface area contributed by atoms with Crippen molar-refractivity contribution < 1.29 is 0 Å². The minimum absolute atomic E-state index is 0.0842. The molecule has 0 bridgehead atoms. The lowest BCUT2D eigenvalue weighted by Crippen LogP contribution is -2.18. The Morgan fingerprint density at radius 2 is 0.900 bits per heavy atom. The molecule has 0 radical (unpaired) electrons. The van der Waals surface area contributed by atoms with Gasteiger partial charge in [-0.2, -0.15) is 0 Å². The molecule has 0 N–H and O–H groups in total. The van der Waals surface area contributed by atoms with Gasteiger partial charge in [-0.15, -0.1) is 11.3 Å². The molecule has 0 aliphatic heterocycles. The highest BCUT2D eigenvalue weighted by Gasteiger charge is 2.37. The normalized spacial score (nSPS) is 14.7. The van der Waals surface area contributed by atoms with Gasteiger partial charge in [-0.1, -0.05) is 131 Å². The number of hydrogen-bond acceptors (Lipinski definition) is 2. The molecule has 0 unspecified atom stereocenters. The molecule has 0 amide bonds. The first-order valence-corrected chi connectivity index (χ1v) is 18.4. The van der Waals surface area contributed by atoms with E-state index in [1.807, 2.05) is 11.3 Å². The average molecular weight is 660 g/mol. The molecule has 0 fully saturated rings. The molecular formula is C48H37NS. The summed E-state index contributed by atoms with van der Waals surface area (Å²) in [5.41, 5.74) is 16.8. The van der Waals surface area contributed by atoms with Crippen molar-refractivity contribution >= 4 is 48.6 Å². The second-order valence-electron chi connectivity index (χ2n) is 15.0. The first-order valence-electron chi connectivity index (χ1n) is 17.6. The lowest BCUT2D eigenvalue weighted by Gasteiger charge is -2.30. The van der Waals surface area contributed by atoms with Gasteiger partial charge in [0.1, 0.15) is 0 Å². The van der Waals surface area contributed by atoms with Gasteiger partial charge in [0.05, 0.1) is 0 Å². The minimum Gasteiger partial charge on any atom is -0.310 e. The van der Waals surface area contributed by atoms with Gasteiger partial charge < -0.3 is 4.90 Å². The van der Waals surface area contributed by atoms with Crippen molar-refractivity contribution in [3.63, 3.8) is 0 Å².